The minimum absolute atomic E-state index is 0.623. The summed E-state index contributed by atoms with van der Waals surface area (Å²) in [6, 6.07) is -1.71. The molecule has 0 aliphatic heterocycles. The highest BCUT2D eigenvalue weighted by Crippen LogP contribution is 2.12. The number of carboxylic acid groups (broad SMARTS) is 2. The first-order chi connectivity index (χ1) is 8.82. The highest BCUT2D eigenvalue weighted by atomic mass is 16.6. The summed E-state index contributed by atoms with van der Waals surface area (Å²) in [7, 11) is 0. The van der Waals surface area contributed by atoms with Gasteiger partial charge in [-0.2, -0.15) is 0 Å². The molecule has 0 saturated carbocycles. The zero-order valence-corrected chi connectivity index (χ0v) is 9.19. The Morgan fingerprint density at radius 2 is 2.11 bits per heavy atom. The third-order valence-electron chi connectivity index (χ3n) is 2.00. The monoisotopic (exact) mass is 272 g/mol. The van der Waals surface area contributed by atoms with Gasteiger partial charge in [-0.05, 0) is 4.92 Å². The fourth-order valence-corrected chi connectivity index (χ4v) is 1.19. The topological polar surface area (TPSA) is 176 Å². The summed E-state index contributed by atoms with van der Waals surface area (Å²) in [5.74, 6) is -4.88. The minimum atomic E-state index is -1.71. The molecule has 1 aromatic heterocycles. The van der Waals surface area contributed by atoms with Gasteiger partial charge in [0.2, 0.25) is 5.69 Å². The van der Waals surface area contributed by atoms with Crippen LogP contribution in [0.2, 0.25) is 0 Å². The standard InChI is InChI=1S/C8H8N4O7/c13-4(14)1-3(8(16)17)11-7(15)5-6(12(18)19)10-2-9-5/h2-3H,1H2,(H,9,10)(H,11,15)(H,13,14)(H,16,17). The van der Waals surface area contributed by atoms with Gasteiger partial charge in [0.15, 0.2) is 6.33 Å². The molecule has 0 fully saturated rings. The molecule has 1 aromatic rings. The summed E-state index contributed by atoms with van der Waals surface area (Å²) >= 11 is 0. The number of aliphatic carboxylic acids is 2. The number of carbonyl (C=O) groups excluding carboxylic acids is 1. The smallest absolute Gasteiger partial charge is 0.353 e. The molecule has 0 spiro atoms. The van der Waals surface area contributed by atoms with Crippen LogP contribution in [0.1, 0.15) is 16.9 Å². The van der Waals surface area contributed by atoms with Crippen molar-refractivity contribution in [1.82, 2.24) is 15.3 Å². The average molecular weight is 272 g/mol. The molecule has 11 nitrogen and oxygen atoms in total. The molecule has 0 radical (unpaired) electrons. The zero-order valence-electron chi connectivity index (χ0n) is 9.19. The van der Waals surface area contributed by atoms with Crippen LogP contribution >= 0.6 is 0 Å². The predicted octanol–water partition coefficient (Wildman–Crippen LogP) is -1.02. The second-order valence-electron chi connectivity index (χ2n) is 3.32. The van der Waals surface area contributed by atoms with Gasteiger partial charge in [-0.15, -0.1) is 0 Å². The Balaban J connectivity index is 2.88. The van der Waals surface area contributed by atoms with Crippen LogP contribution in [0.15, 0.2) is 6.33 Å². The first-order valence-corrected chi connectivity index (χ1v) is 4.76. The molecule has 0 aliphatic carbocycles. The van der Waals surface area contributed by atoms with Gasteiger partial charge in [0.05, 0.1) is 6.42 Å². The van der Waals surface area contributed by atoms with Crippen LogP contribution in [-0.4, -0.2) is 49.0 Å². The summed E-state index contributed by atoms with van der Waals surface area (Å²) in [5, 5.41) is 29.5. The Bertz CT molecular complexity index is 537. The number of aromatic amines is 1. The third-order valence-corrected chi connectivity index (χ3v) is 2.00. The molecular weight excluding hydrogens is 264 g/mol. The molecule has 102 valence electrons. The largest absolute Gasteiger partial charge is 0.481 e. The molecule has 4 N–H and O–H groups in total. The van der Waals surface area contributed by atoms with Crippen molar-refractivity contribution >= 4 is 23.7 Å². The lowest BCUT2D eigenvalue weighted by molar-refractivity contribution is -0.389. The quantitative estimate of drug-likeness (QED) is 0.375. The van der Waals surface area contributed by atoms with Crippen molar-refractivity contribution in [2.24, 2.45) is 0 Å². The molecule has 11 heteroatoms. The Labute approximate surface area is 104 Å². The number of imidazole rings is 1. The van der Waals surface area contributed by atoms with Crippen LogP contribution in [0.4, 0.5) is 5.82 Å². The minimum Gasteiger partial charge on any atom is -0.481 e. The van der Waals surface area contributed by atoms with Crippen LogP contribution in [-0.2, 0) is 9.59 Å². The predicted molar refractivity (Wildman–Crippen MR) is 56.4 cm³/mol. The first kappa shape index (κ1) is 14.1. The van der Waals surface area contributed by atoms with E-state index in [4.69, 9.17) is 10.2 Å². The summed E-state index contributed by atoms with van der Waals surface area (Å²) in [4.78, 5) is 47.8. The van der Waals surface area contributed by atoms with Gasteiger partial charge in [0, 0.05) is 0 Å². The van der Waals surface area contributed by atoms with Crippen LogP contribution < -0.4 is 5.32 Å². The second-order valence-corrected chi connectivity index (χ2v) is 3.32. The fraction of sp³-hybridized carbons (Fsp3) is 0.250. The normalized spacial score (nSPS) is 11.6. The lowest BCUT2D eigenvalue weighted by Gasteiger charge is -2.10. The number of H-pyrrole nitrogens is 1. The first-order valence-electron chi connectivity index (χ1n) is 4.76. The van der Waals surface area contributed by atoms with Crippen molar-refractivity contribution in [2.45, 2.75) is 12.5 Å². The summed E-state index contributed by atoms with van der Waals surface area (Å²) in [6.07, 6.45) is 0.0271. The molecule has 1 amide bonds. The van der Waals surface area contributed by atoms with Gasteiger partial charge >= 0.3 is 17.8 Å². The summed E-state index contributed by atoms with van der Waals surface area (Å²) < 4.78 is 0. The molecule has 1 heterocycles. The maximum Gasteiger partial charge on any atom is 0.353 e. The van der Waals surface area contributed by atoms with Crippen molar-refractivity contribution in [2.75, 3.05) is 0 Å². The number of hydrogen-bond acceptors (Lipinski definition) is 6. The van der Waals surface area contributed by atoms with E-state index in [2.05, 4.69) is 9.97 Å². The highest BCUT2D eigenvalue weighted by Gasteiger charge is 2.28. The van der Waals surface area contributed by atoms with Crippen molar-refractivity contribution in [1.29, 1.82) is 0 Å². The van der Waals surface area contributed by atoms with Crippen LogP contribution in [0.5, 0.6) is 0 Å². The Morgan fingerprint density at radius 1 is 1.47 bits per heavy atom. The van der Waals surface area contributed by atoms with E-state index in [0.29, 0.717) is 0 Å². The van der Waals surface area contributed by atoms with E-state index in [1.165, 1.54) is 0 Å². The van der Waals surface area contributed by atoms with E-state index < -0.39 is 46.7 Å². The van der Waals surface area contributed by atoms with Crippen LogP contribution in [0.25, 0.3) is 0 Å². The van der Waals surface area contributed by atoms with Crippen LogP contribution in [0.3, 0.4) is 0 Å². The summed E-state index contributed by atoms with van der Waals surface area (Å²) in [6.45, 7) is 0. The molecule has 0 aromatic carbocycles. The highest BCUT2D eigenvalue weighted by molar-refractivity contribution is 5.98. The van der Waals surface area contributed by atoms with Gasteiger partial charge in [-0.1, -0.05) is 0 Å². The molecule has 0 aliphatic rings. The van der Waals surface area contributed by atoms with E-state index >= 15 is 0 Å². The number of nitrogens with zero attached hydrogens (tertiary/aromatic N) is 2. The third kappa shape index (κ3) is 3.49. The molecule has 1 atom stereocenters. The molecule has 1 rings (SSSR count). The maximum absolute atomic E-state index is 11.6. The summed E-state index contributed by atoms with van der Waals surface area (Å²) in [5.41, 5.74) is -0.623. The number of hydrogen-bond donors (Lipinski definition) is 4. The van der Waals surface area contributed by atoms with E-state index in [1.807, 2.05) is 5.32 Å². The number of carbonyl (C=O) groups is 3. The van der Waals surface area contributed by atoms with Gasteiger partial charge in [-0.25, -0.2) is 14.8 Å². The number of rotatable bonds is 6. The molecule has 19 heavy (non-hydrogen) atoms. The van der Waals surface area contributed by atoms with Crippen molar-refractivity contribution < 1.29 is 29.5 Å². The van der Waals surface area contributed by atoms with Gasteiger partial charge in [0.1, 0.15) is 6.04 Å². The van der Waals surface area contributed by atoms with Gasteiger partial charge in [-0.3, -0.25) is 9.59 Å². The van der Waals surface area contributed by atoms with Crippen LogP contribution in [0, 0.1) is 10.1 Å². The van der Waals surface area contributed by atoms with Crippen molar-refractivity contribution in [3.63, 3.8) is 0 Å². The zero-order chi connectivity index (χ0) is 14.6. The maximum atomic E-state index is 11.6. The van der Waals surface area contributed by atoms with Crippen molar-refractivity contribution in [3.05, 3.63) is 22.1 Å². The number of nitro groups is 1. The SMILES string of the molecule is O=C(O)CC(NC(=O)c1nc[nH]c1[N+](=O)[O-])C(=O)O. The second kappa shape index (κ2) is 5.57. The molecular formula is C8H8N4O7. The Morgan fingerprint density at radius 3 is 2.58 bits per heavy atom. The van der Waals surface area contributed by atoms with E-state index in [9.17, 15) is 24.5 Å². The number of carboxylic acids is 2. The van der Waals surface area contributed by atoms with Gasteiger partial charge < -0.3 is 25.6 Å². The Kier molecular flexibility index (Phi) is 4.13. The van der Waals surface area contributed by atoms with Gasteiger partial charge in [0.25, 0.3) is 5.91 Å². The lowest BCUT2D eigenvalue weighted by Crippen LogP contribution is -2.42. The number of amides is 1. The van der Waals surface area contributed by atoms with E-state index in [1.54, 1.807) is 0 Å². The molecule has 0 saturated heterocycles. The van der Waals surface area contributed by atoms with E-state index in [-0.39, 0.29) is 0 Å². The average Bonchev–Trinajstić information content (AvgIpc) is 2.76. The van der Waals surface area contributed by atoms with E-state index in [0.717, 1.165) is 6.33 Å². The van der Waals surface area contributed by atoms with Crippen molar-refractivity contribution in [3.8, 4) is 0 Å². The number of nitrogens with one attached hydrogen (secondary N) is 2. The number of aromatic nitrogens is 2. The Hall–Kier alpha value is -2.98. The lowest BCUT2D eigenvalue weighted by atomic mass is 10.2. The molecule has 0 bridgehead atoms. The molecule has 1 unspecified atom stereocenters. The fourth-order valence-electron chi connectivity index (χ4n) is 1.19.